The lowest BCUT2D eigenvalue weighted by Crippen LogP contribution is -2.49. The molecule has 0 aromatic carbocycles. The first-order chi connectivity index (χ1) is 7.52. The van der Waals surface area contributed by atoms with Crippen LogP contribution in [-0.4, -0.2) is 40.6 Å². The van der Waals surface area contributed by atoms with Gasteiger partial charge in [0.15, 0.2) is 0 Å². The van der Waals surface area contributed by atoms with Gasteiger partial charge in [-0.05, 0) is 26.7 Å². The summed E-state index contributed by atoms with van der Waals surface area (Å²) in [7, 11) is 0. The van der Waals surface area contributed by atoms with Gasteiger partial charge in [0.2, 0.25) is 0 Å². The van der Waals surface area contributed by atoms with Crippen molar-refractivity contribution in [2.24, 2.45) is 0 Å². The molecule has 5 nitrogen and oxygen atoms in total. The van der Waals surface area contributed by atoms with Crippen molar-refractivity contribution in [3.8, 4) is 0 Å². The molecule has 16 heavy (non-hydrogen) atoms. The first-order valence-corrected chi connectivity index (χ1v) is 5.82. The Labute approximate surface area is 95.8 Å². The number of carbonyl (C=O) groups is 2. The minimum absolute atomic E-state index is 0.198. The normalized spacial score (nSPS) is 23.4. The van der Waals surface area contributed by atoms with E-state index in [0.717, 1.165) is 32.2 Å². The molecule has 0 aromatic heterocycles. The van der Waals surface area contributed by atoms with Crippen LogP contribution in [0, 0.1) is 0 Å². The minimum Gasteiger partial charge on any atom is -0.480 e. The first kappa shape index (κ1) is 12.8. The average molecular weight is 228 g/mol. The molecule has 1 unspecified atom stereocenters. The molecule has 1 fully saturated rings. The first-order valence-electron chi connectivity index (χ1n) is 5.82. The number of nitrogens with zero attached hydrogens (tertiary/aromatic N) is 1. The summed E-state index contributed by atoms with van der Waals surface area (Å²) in [4.78, 5) is 24.2. The number of nitrogens with one attached hydrogen (secondary N) is 1. The summed E-state index contributed by atoms with van der Waals surface area (Å²) in [5.41, 5.74) is 0. The van der Waals surface area contributed by atoms with Gasteiger partial charge in [0.05, 0.1) is 0 Å². The summed E-state index contributed by atoms with van der Waals surface area (Å²) in [6.07, 6.45) is 4.27. The van der Waals surface area contributed by atoms with Crippen LogP contribution in [0.5, 0.6) is 0 Å². The van der Waals surface area contributed by atoms with Gasteiger partial charge in [-0.1, -0.05) is 12.8 Å². The van der Waals surface area contributed by atoms with Crippen LogP contribution >= 0.6 is 0 Å². The van der Waals surface area contributed by atoms with Gasteiger partial charge in [-0.15, -0.1) is 0 Å². The van der Waals surface area contributed by atoms with E-state index in [0.29, 0.717) is 0 Å². The fraction of sp³-hybridized carbons (Fsp3) is 0.818. The lowest BCUT2D eigenvalue weighted by molar-refractivity contribution is -0.138. The number of rotatable bonds is 2. The van der Waals surface area contributed by atoms with Crippen molar-refractivity contribution < 1.29 is 14.7 Å². The van der Waals surface area contributed by atoms with E-state index in [1.165, 1.54) is 6.92 Å². The second kappa shape index (κ2) is 5.72. The molecule has 0 aromatic rings. The van der Waals surface area contributed by atoms with Crippen LogP contribution in [0.2, 0.25) is 0 Å². The number of carboxylic acid groups (broad SMARTS) is 1. The molecular formula is C11H20N2O3. The highest BCUT2D eigenvalue weighted by atomic mass is 16.4. The van der Waals surface area contributed by atoms with Crippen LogP contribution in [0.1, 0.15) is 39.5 Å². The minimum atomic E-state index is -1.00. The molecule has 0 bridgehead atoms. The largest absolute Gasteiger partial charge is 0.480 e. The quantitative estimate of drug-likeness (QED) is 0.751. The Kier molecular flexibility index (Phi) is 4.58. The zero-order valence-corrected chi connectivity index (χ0v) is 9.90. The summed E-state index contributed by atoms with van der Waals surface area (Å²) >= 11 is 0. The molecule has 0 aliphatic carbocycles. The highest BCUT2D eigenvalue weighted by molar-refractivity contribution is 5.82. The standard InChI is InChI=1S/C11H20N2O3/c1-8-6-4-3-5-7-13(8)11(16)12-9(2)10(14)15/h8-9H,3-7H2,1-2H3,(H,12,16)(H,14,15)/t8?,9-/m0/s1. The Balaban J connectivity index is 2.53. The molecule has 1 aliphatic rings. The van der Waals surface area contributed by atoms with Crippen molar-refractivity contribution >= 4 is 12.0 Å². The third-order valence-corrected chi connectivity index (χ3v) is 3.02. The second-order valence-corrected chi connectivity index (χ2v) is 4.40. The molecule has 2 amide bonds. The number of aliphatic carboxylic acids is 1. The van der Waals surface area contributed by atoms with E-state index in [9.17, 15) is 9.59 Å². The number of likely N-dealkylation sites (tertiary alicyclic amines) is 1. The molecular weight excluding hydrogens is 208 g/mol. The summed E-state index contributed by atoms with van der Waals surface area (Å²) < 4.78 is 0. The summed E-state index contributed by atoms with van der Waals surface area (Å²) in [6.45, 7) is 4.21. The fourth-order valence-corrected chi connectivity index (χ4v) is 1.91. The lowest BCUT2D eigenvalue weighted by atomic mass is 10.1. The zero-order chi connectivity index (χ0) is 12.1. The highest BCUT2D eigenvalue weighted by Gasteiger charge is 2.24. The Hall–Kier alpha value is -1.26. The van der Waals surface area contributed by atoms with Crippen molar-refractivity contribution in [1.29, 1.82) is 0 Å². The summed E-state index contributed by atoms with van der Waals surface area (Å²) in [5.74, 6) is -1.00. The van der Waals surface area contributed by atoms with Crippen LogP contribution < -0.4 is 5.32 Å². The van der Waals surface area contributed by atoms with E-state index in [2.05, 4.69) is 5.32 Å². The maximum atomic E-state index is 11.8. The summed E-state index contributed by atoms with van der Waals surface area (Å²) in [5, 5.41) is 11.2. The number of urea groups is 1. The third-order valence-electron chi connectivity index (χ3n) is 3.02. The topological polar surface area (TPSA) is 69.6 Å². The van der Waals surface area contributed by atoms with E-state index in [1.807, 2.05) is 6.92 Å². The maximum Gasteiger partial charge on any atom is 0.325 e. The molecule has 5 heteroatoms. The van der Waals surface area contributed by atoms with Crippen LogP contribution in [-0.2, 0) is 4.79 Å². The van der Waals surface area contributed by atoms with Crippen molar-refractivity contribution in [2.45, 2.75) is 51.6 Å². The van der Waals surface area contributed by atoms with Gasteiger partial charge in [-0.2, -0.15) is 0 Å². The Bertz CT molecular complexity index is 268. The van der Waals surface area contributed by atoms with Crippen LogP contribution in [0.15, 0.2) is 0 Å². The number of carbonyl (C=O) groups excluding carboxylic acids is 1. The molecule has 92 valence electrons. The lowest BCUT2D eigenvalue weighted by Gasteiger charge is -2.28. The Morgan fingerprint density at radius 1 is 1.38 bits per heavy atom. The molecule has 0 radical (unpaired) electrons. The van der Waals surface area contributed by atoms with Crippen LogP contribution in [0.4, 0.5) is 4.79 Å². The molecule has 1 aliphatic heterocycles. The van der Waals surface area contributed by atoms with Gasteiger partial charge in [-0.3, -0.25) is 4.79 Å². The van der Waals surface area contributed by atoms with Gasteiger partial charge < -0.3 is 15.3 Å². The van der Waals surface area contributed by atoms with Gasteiger partial charge in [0.1, 0.15) is 6.04 Å². The predicted octanol–water partition coefficient (Wildman–Crippen LogP) is 1.43. The van der Waals surface area contributed by atoms with Crippen molar-refractivity contribution in [1.82, 2.24) is 10.2 Å². The monoisotopic (exact) mass is 228 g/mol. The molecule has 0 spiro atoms. The predicted molar refractivity (Wildman–Crippen MR) is 60.3 cm³/mol. The van der Waals surface area contributed by atoms with E-state index in [-0.39, 0.29) is 12.1 Å². The van der Waals surface area contributed by atoms with Gasteiger partial charge >= 0.3 is 12.0 Å². The Morgan fingerprint density at radius 2 is 2.06 bits per heavy atom. The molecule has 1 heterocycles. The van der Waals surface area contributed by atoms with E-state index < -0.39 is 12.0 Å². The number of carboxylic acids is 1. The molecule has 2 N–H and O–H groups in total. The maximum absolute atomic E-state index is 11.8. The fourth-order valence-electron chi connectivity index (χ4n) is 1.91. The second-order valence-electron chi connectivity index (χ2n) is 4.40. The number of amides is 2. The van der Waals surface area contributed by atoms with E-state index >= 15 is 0 Å². The molecule has 1 saturated heterocycles. The van der Waals surface area contributed by atoms with E-state index in [1.54, 1.807) is 4.90 Å². The number of hydrogen-bond donors (Lipinski definition) is 2. The zero-order valence-electron chi connectivity index (χ0n) is 9.90. The SMILES string of the molecule is CC1CCCCCN1C(=O)N[C@@H](C)C(=O)O. The van der Waals surface area contributed by atoms with Gasteiger partial charge in [-0.25, -0.2) is 4.79 Å². The van der Waals surface area contributed by atoms with Crippen LogP contribution in [0.25, 0.3) is 0 Å². The molecule has 1 rings (SSSR count). The smallest absolute Gasteiger partial charge is 0.325 e. The average Bonchev–Trinajstić information content (AvgIpc) is 2.42. The van der Waals surface area contributed by atoms with Crippen LogP contribution in [0.3, 0.4) is 0 Å². The van der Waals surface area contributed by atoms with Gasteiger partial charge in [0.25, 0.3) is 0 Å². The van der Waals surface area contributed by atoms with E-state index in [4.69, 9.17) is 5.11 Å². The summed E-state index contributed by atoms with van der Waals surface area (Å²) in [6, 6.07) is -0.893. The van der Waals surface area contributed by atoms with Crippen molar-refractivity contribution in [3.63, 3.8) is 0 Å². The Morgan fingerprint density at radius 3 is 2.69 bits per heavy atom. The van der Waals surface area contributed by atoms with Gasteiger partial charge in [0, 0.05) is 12.6 Å². The van der Waals surface area contributed by atoms with Crippen molar-refractivity contribution in [3.05, 3.63) is 0 Å². The third kappa shape index (κ3) is 3.40. The highest BCUT2D eigenvalue weighted by Crippen LogP contribution is 2.16. The molecule has 2 atom stereocenters. The van der Waals surface area contributed by atoms with Crippen molar-refractivity contribution in [2.75, 3.05) is 6.54 Å². The molecule has 0 saturated carbocycles. The number of hydrogen-bond acceptors (Lipinski definition) is 2.